The van der Waals surface area contributed by atoms with Crippen molar-refractivity contribution in [3.05, 3.63) is 12.2 Å². The third kappa shape index (κ3) is 1.20. The van der Waals surface area contributed by atoms with Gasteiger partial charge in [-0.05, 0) is 31.6 Å². The van der Waals surface area contributed by atoms with Crippen LogP contribution in [0.4, 0.5) is 0 Å². The second-order valence-corrected chi connectivity index (χ2v) is 4.48. The molecule has 1 aliphatic heterocycles. The molecule has 1 heterocycles. The number of hydrogen-bond donors (Lipinski definition) is 0. The normalized spacial score (nSPS) is 47.7. The Hall–Kier alpha value is -0.300. The maximum atomic E-state index is 5.72. The molecular formula is C11H18O. The number of hydrogen-bond acceptors (Lipinski definition) is 1. The summed E-state index contributed by atoms with van der Waals surface area (Å²) in [6.45, 7) is 9.64. The Bertz CT molecular complexity index is 197. The molecule has 1 saturated carbocycles. The van der Waals surface area contributed by atoms with Gasteiger partial charge in [0.15, 0.2) is 0 Å². The average Bonchev–Trinajstić information content (AvgIpc) is 2.03. The van der Waals surface area contributed by atoms with Gasteiger partial charge < -0.3 is 4.74 Å². The quantitative estimate of drug-likeness (QED) is 0.503. The van der Waals surface area contributed by atoms with E-state index in [1.807, 2.05) is 0 Å². The van der Waals surface area contributed by atoms with Crippen LogP contribution < -0.4 is 0 Å². The Labute approximate surface area is 74.8 Å². The van der Waals surface area contributed by atoms with Crippen LogP contribution in [-0.2, 0) is 4.74 Å². The molecule has 0 aromatic carbocycles. The van der Waals surface area contributed by atoms with Crippen molar-refractivity contribution in [2.45, 2.75) is 32.8 Å². The predicted octanol–water partition coefficient (Wildman–Crippen LogP) is 2.62. The summed E-state index contributed by atoms with van der Waals surface area (Å²) in [5.74, 6) is 2.25. The van der Waals surface area contributed by atoms with E-state index in [9.17, 15) is 0 Å². The van der Waals surface area contributed by atoms with E-state index in [0.29, 0.717) is 12.0 Å². The van der Waals surface area contributed by atoms with Gasteiger partial charge in [-0.1, -0.05) is 19.1 Å². The molecule has 2 aliphatic rings. The van der Waals surface area contributed by atoms with Crippen LogP contribution >= 0.6 is 0 Å². The summed E-state index contributed by atoms with van der Waals surface area (Å²) >= 11 is 0. The SMILES string of the molecule is C=C1C[C@H](C)[C@@H]2CO[C@H](C)[C@@H]1C2. The largest absolute Gasteiger partial charge is 0.378 e. The van der Waals surface area contributed by atoms with E-state index in [-0.39, 0.29) is 0 Å². The van der Waals surface area contributed by atoms with Crippen LogP contribution in [0, 0.1) is 17.8 Å². The number of ether oxygens (including phenoxy) is 1. The Morgan fingerprint density at radius 2 is 2.17 bits per heavy atom. The van der Waals surface area contributed by atoms with Crippen molar-refractivity contribution >= 4 is 0 Å². The monoisotopic (exact) mass is 166 g/mol. The molecule has 0 aromatic rings. The minimum Gasteiger partial charge on any atom is -0.378 e. The minimum atomic E-state index is 0.418. The van der Waals surface area contributed by atoms with Crippen molar-refractivity contribution in [2.24, 2.45) is 17.8 Å². The summed E-state index contributed by atoms with van der Waals surface area (Å²) in [7, 11) is 0. The molecule has 68 valence electrons. The summed E-state index contributed by atoms with van der Waals surface area (Å²) in [4.78, 5) is 0. The van der Waals surface area contributed by atoms with Crippen molar-refractivity contribution in [1.82, 2.24) is 0 Å². The maximum Gasteiger partial charge on any atom is 0.0612 e. The molecule has 12 heavy (non-hydrogen) atoms. The van der Waals surface area contributed by atoms with Gasteiger partial charge in [-0.15, -0.1) is 0 Å². The summed E-state index contributed by atoms with van der Waals surface area (Å²) in [5.41, 5.74) is 1.42. The molecule has 0 unspecified atom stereocenters. The third-order valence-electron chi connectivity index (χ3n) is 3.61. The first kappa shape index (κ1) is 8.31. The standard InChI is InChI=1S/C11H18O/c1-7-4-8(2)11-5-10(7)6-12-9(11)3/h7,9-11H,2,4-6H2,1,3H3/t7-,9+,10-,11+/m0/s1. The first-order chi connectivity index (χ1) is 5.68. The highest BCUT2D eigenvalue weighted by Crippen LogP contribution is 2.42. The first-order valence-electron chi connectivity index (χ1n) is 4.97. The zero-order valence-corrected chi connectivity index (χ0v) is 8.05. The molecule has 2 bridgehead atoms. The molecule has 0 aromatic heterocycles. The third-order valence-corrected chi connectivity index (χ3v) is 3.61. The first-order valence-corrected chi connectivity index (χ1v) is 4.97. The van der Waals surface area contributed by atoms with Gasteiger partial charge in [0.25, 0.3) is 0 Å². The van der Waals surface area contributed by atoms with E-state index in [1.54, 1.807) is 0 Å². The fourth-order valence-corrected chi connectivity index (χ4v) is 2.60. The van der Waals surface area contributed by atoms with Crippen LogP contribution in [-0.4, -0.2) is 12.7 Å². The highest BCUT2D eigenvalue weighted by atomic mass is 16.5. The lowest BCUT2D eigenvalue weighted by molar-refractivity contribution is -0.0626. The maximum absolute atomic E-state index is 5.72. The predicted molar refractivity (Wildman–Crippen MR) is 49.9 cm³/mol. The van der Waals surface area contributed by atoms with Gasteiger partial charge in [0, 0.05) is 5.92 Å². The van der Waals surface area contributed by atoms with Gasteiger partial charge >= 0.3 is 0 Å². The second-order valence-electron chi connectivity index (χ2n) is 4.48. The van der Waals surface area contributed by atoms with Crippen molar-refractivity contribution in [3.63, 3.8) is 0 Å². The van der Waals surface area contributed by atoms with Crippen molar-refractivity contribution in [2.75, 3.05) is 6.61 Å². The second kappa shape index (κ2) is 2.88. The lowest BCUT2D eigenvalue weighted by Crippen LogP contribution is -2.40. The van der Waals surface area contributed by atoms with E-state index in [1.165, 1.54) is 18.4 Å². The van der Waals surface area contributed by atoms with Gasteiger partial charge in [0.1, 0.15) is 0 Å². The number of fused-ring (bicyclic) bond motifs is 2. The van der Waals surface area contributed by atoms with Gasteiger partial charge in [0.2, 0.25) is 0 Å². The molecule has 4 atom stereocenters. The van der Waals surface area contributed by atoms with Gasteiger partial charge in [-0.25, -0.2) is 0 Å². The molecule has 0 N–H and O–H groups in total. The molecule has 2 rings (SSSR count). The molecule has 1 nitrogen and oxygen atoms in total. The lowest BCUT2D eigenvalue weighted by Gasteiger charge is -2.43. The zero-order chi connectivity index (χ0) is 8.72. The van der Waals surface area contributed by atoms with Crippen molar-refractivity contribution in [3.8, 4) is 0 Å². The van der Waals surface area contributed by atoms with Gasteiger partial charge in [-0.2, -0.15) is 0 Å². The summed E-state index contributed by atoms with van der Waals surface area (Å²) in [5, 5.41) is 0. The molecular weight excluding hydrogens is 148 g/mol. The van der Waals surface area contributed by atoms with E-state index in [2.05, 4.69) is 20.4 Å². The molecule has 0 spiro atoms. The van der Waals surface area contributed by atoms with E-state index < -0.39 is 0 Å². The summed E-state index contributed by atoms with van der Waals surface area (Å²) in [6, 6.07) is 0. The van der Waals surface area contributed by atoms with Crippen LogP contribution in [0.15, 0.2) is 12.2 Å². The van der Waals surface area contributed by atoms with E-state index in [0.717, 1.165) is 18.4 Å². The average molecular weight is 166 g/mol. The van der Waals surface area contributed by atoms with E-state index in [4.69, 9.17) is 4.74 Å². The van der Waals surface area contributed by atoms with Gasteiger partial charge in [-0.3, -0.25) is 0 Å². The molecule has 1 saturated heterocycles. The fourth-order valence-electron chi connectivity index (χ4n) is 2.60. The minimum absolute atomic E-state index is 0.418. The molecule has 1 heteroatoms. The fraction of sp³-hybridized carbons (Fsp3) is 0.818. The van der Waals surface area contributed by atoms with Crippen LogP contribution in [0.1, 0.15) is 26.7 Å². The highest BCUT2D eigenvalue weighted by Gasteiger charge is 2.37. The number of rotatable bonds is 0. The van der Waals surface area contributed by atoms with Crippen LogP contribution in [0.3, 0.4) is 0 Å². The topological polar surface area (TPSA) is 9.23 Å². The Balaban J connectivity index is 2.14. The Kier molecular flexibility index (Phi) is 1.99. The summed E-state index contributed by atoms with van der Waals surface area (Å²) in [6.07, 6.45) is 2.96. The Morgan fingerprint density at radius 1 is 1.42 bits per heavy atom. The van der Waals surface area contributed by atoms with Crippen LogP contribution in [0.5, 0.6) is 0 Å². The molecule has 2 fully saturated rings. The van der Waals surface area contributed by atoms with Gasteiger partial charge in [0.05, 0.1) is 12.7 Å². The summed E-state index contributed by atoms with van der Waals surface area (Å²) < 4.78 is 5.72. The van der Waals surface area contributed by atoms with E-state index >= 15 is 0 Å². The molecule has 1 aliphatic carbocycles. The zero-order valence-electron chi connectivity index (χ0n) is 8.05. The van der Waals surface area contributed by atoms with Crippen molar-refractivity contribution in [1.29, 1.82) is 0 Å². The van der Waals surface area contributed by atoms with Crippen LogP contribution in [0.25, 0.3) is 0 Å². The molecule has 0 amide bonds. The lowest BCUT2D eigenvalue weighted by atomic mass is 9.69. The smallest absolute Gasteiger partial charge is 0.0612 e. The van der Waals surface area contributed by atoms with Crippen molar-refractivity contribution < 1.29 is 4.74 Å². The Morgan fingerprint density at radius 3 is 2.92 bits per heavy atom. The van der Waals surface area contributed by atoms with Crippen LogP contribution in [0.2, 0.25) is 0 Å². The highest BCUT2D eigenvalue weighted by molar-refractivity contribution is 5.10. The molecule has 0 radical (unpaired) electrons.